The summed E-state index contributed by atoms with van der Waals surface area (Å²) < 4.78 is 5.56. The van der Waals surface area contributed by atoms with Crippen molar-refractivity contribution in [2.24, 2.45) is 0 Å². The van der Waals surface area contributed by atoms with Crippen molar-refractivity contribution < 1.29 is 9.21 Å². The molecule has 1 saturated heterocycles. The Kier molecular flexibility index (Phi) is 4.16. The van der Waals surface area contributed by atoms with Crippen molar-refractivity contribution in [1.82, 2.24) is 15.1 Å². The van der Waals surface area contributed by atoms with Gasteiger partial charge in [-0.3, -0.25) is 4.79 Å². The second-order valence-electron chi connectivity index (χ2n) is 5.63. The molecule has 1 aromatic heterocycles. The van der Waals surface area contributed by atoms with E-state index in [1.54, 1.807) is 19.1 Å². The summed E-state index contributed by atoms with van der Waals surface area (Å²) in [6.07, 6.45) is 1.85. The number of benzene rings is 1. The lowest BCUT2D eigenvalue weighted by Crippen LogP contribution is -2.46. The van der Waals surface area contributed by atoms with Crippen LogP contribution in [0, 0.1) is 6.92 Å². The first kappa shape index (κ1) is 15.0. The predicted octanol–water partition coefficient (Wildman–Crippen LogP) is 3.44. The van der Waals surface area contributed by atoms with Crippen LogP contribution in [0.4, 0.5) is 0 Å². The molecule has 1 fully saturated rings. The van der Waals surface area contributed by atoms with E-state index in [1.807, 2.05) is 24.0 Å². The summed E-state index contributed by atoms with van der Waals surface area (Å²) in [7, 11) is 0. The summed E-state index contributed by atoms with van der Waals surface area (Å²) >= 11 is 6.15. The van der Waals surface area contributed by atoms with Crippen LogP contribution >= 0.6 is 11.6 Å². The molecule has 1 aliphatic rings. The summed E-state index contributed by atoms with van der Waals surface area (Å²) in [5.41, 5.74) is 0.540. The maximum absolute atomic E-state index is 12.8. The van der Waals surface area contributed by atoms with E-state index in [0.29, 0.717) is 22.4 Å². The van der Waals surface area contributed by atoms with Crippen molar-refractivity contribution >= 4 is 17.5 Å². The van der Waals surface area contributed by atoms with E-state index in [-0.39, 0.29) is 17.9 Å². The van der Waals surface area contributed by atoms with E-state index in [9.17, 15) is 4.79 Å². The minimum Gasteiger partial charge on any atom is -0.425 e. The van der Waals surface area contributed by atoms with Gasteiger partial charge >= 0.3 is 0 Å². The van der Waals surface area contributed by atoms with Crippen LogP contribution in [0.25, 0.3) is 0 Å². The van der Waals surface area contributed by atoms with Crippen LogP contribution < -0.4 is 0 Å². The molecule has 0 saturated carbocycles. The van der Waals surface area contributed by atoms with Crippen LogP contribution in [0.3, 0.4) is 0 Å². The number of rotatable bonds is 2. The molecule has 2 heterocycles. The Morgan fingerprint density at radius 1 is 1.36 bits per heavy atom. The number of carbonyl (C=O) groups is 1. The van der Waals surface area contributed by atoms with E-state index in [1.165, 1.54) is 0 Å². The number of likely N-dealkylation sites (tertiary alicyclic amines) is 1. The van der Waals surface area contributed by atoms with Crippen molar-refractivity contribution in [3.05, 3.63) is 46.6 Å². The molecule has 22 heavy (non-hydrogen) atoms. The second kappa shape index (κ2) is 6.08. The van der Waals surface area contributed by atoms with Gasteiger partial charge in [0.15, 0.2) is 0 Å². The van der Waals surface area contributed by atoms with Crippen LogP contribution in [0.15, 0.2) is 28.7 Å². The SMILES string of the molecule is Cc1nnc([C@H]2CCCN(C(=O)c3ccccc3Cl)[C@H]2C)o1. The molecule has 1 amide bonds. The number of hydrogen-bond acceptors (Lipinski definition) is 4. The fourth-order valence-corrected chi connectivity index (χ4v) is 3.23. The van der Waals surface area contributed by atoms with Crippen molar-refractivity contribution in [3.8, 4) is 0 Å². The fourth-order valence-electron chi connectivity index (χ4n) is 3.01. The average Bonchev–Trinajstić information content (AvgIpc) is 2.94. The lowest BCUT2D eigenvalue weighted by molar-refractivity contribution is 0.0582. The molecule has 3 rings (SSSR count). The zero-order chi connectivity index (χ0) is 15.7. The molecule has 0 spiro atoms. The van der Waals surface area contributed by atoms with Crippen LogP contribution in [0.1, 0.15) is 47.8 Å². The zero-order valence-corrected chi connectivity index (χ0v) is 13.4. The van der Waals surface area contributed by atoms with E-state index >= 15 is 0 Å². The molecule has 1 aromatic carbocycles. The van der Waals surface area contributed by atoms with Gasteiger partial charge in [0.05, 0.1) is 16.5 Å². The van der Waals surface area contributed by atoms with Crippen LogP contribution in [0.2, 0.25) is 5.02 Å². The highest BCUT2D eigenvalue weighted by atomic mass is 35.5. The van der Waals surface area contributed by atoms with Gasteiger partial charge < -0.3 is 9.32 Å². The summed E-state index contributed by atoms with van der Waals surface area (Å²) in [6, 6.07) is 7.15. The third-order valence-electron chi connectivity index (χ3n) is 4.21. The van der Waals surface area contributed by atoms with Gasteiger partial charge in [-0.05, 0) is 31.9 Å². The molecule has 116 valence electrons. The Balaban J connectivity index is 1.85. The standard InChI is InChI=1S/C16H18ClN3O2/c1-10-12(15-19-18-11(2)22-15)7-5-9-20(10)16(21)13-6-3-4-8-14(13)17/h3-4,6,8,10,12H,5,7,9H2,1-2H3/t10-,12-/m0/s1. The first-order valence-corrected chi connectivity index (χ1v) is 7.81. The highest BCUT2D eigenvalue weighted by Gasteiger charge is 2.35. The van der Waals surface area contributed by atoms with Gasteiger partial charge in [-0.1, -0.05) is 23.7 Å². The largest absolute Gasteiger partial charge is 0.425 e. The number of amides is 1. The zero-order valence-electron chi connectivity index (χ0n) is 12.6. The molecule has 1 aliphatic heterocycles. The number of halogens is 1. The fraction of sp³-hybridized carbons (Fsp3) is 0.438. The molecule has 0 N–H and O–H groups in total. The van der Waals surface area contributed by atoms with Crippen LogP contribution in [-0.4, -0.2) is 33.6 Å². The van der Waals surface area contributed by atoms with Gasteiger partial charge in [-0.15, -0.1) is 10.2 Å². The second-order valence-corrected chi connectivity index (χ2v) is 6.03. The third-order valence-corrected chi connectivity index (χ3v) is 4.54. The minimum atomic E-state index is -0.0426. The molecule has 5 nitrogen and oxygen atoms in total. The van der Waals surface area contributed by atoms with Gasteiger partial charge in [0.1, 0.15) is 0 Å². The van der Waals surface area contributed by atoms with Crippen molar-refractivity contribution in [3.63, 3.8) is 0 Å². The smallest absolute Gasteiger partial charge is 0.255 e. The highest BCUT2D eigenvalue weighted by molar-refractivity contribution is 6.33. The molecule has 2 aromatic rings. The summed E-state index contributed by atoms with van der Waals surface area (Å²) in [5.74, 6) is 1.19. The maximum atomic E-state index is 12.8. The van der Waals surface area contributed by atoms with Crippen molar-refractivity contribution in [2.75, 3.05) is 6.54 Å². The molecule has 0 bridgehead atoms. The number of carbonyl (C=O) groups excluding carboxylic acids is 1. The third kappa shape index (κ3) is 2.73. The predicted molar refractivity (Wildman–Crippen MR) is 83.0 cm³/mol. The van der Waals surface area contributed by atoms with Crippen molar-refractivity contribution in [2.45, 2.75) is 38.6 Å². The van der Waals surface area contributed by atoms with E-state index in [0.717, 1.165) is 19.4 Å². The molecule has 0 radical (unpaired) electrons. The summed E-state index contributed by atoms with van der Waals surface area (Å²) in [6.45, 7) is 4.52. The summed E-state index contributed by atoms with van der Waals surface area (Å²) in [4.78, 5) is 14.6. The minimum absolute atomic E-state index is 0.00243. The normalized spacial score (nSPS) is 21.9. The first-order chi connectivity index (χ1) is 10.6. The monoisotopic (exact) mass is 319 g/mol. The average molecular weight is 320 g/mol. The van der Waals surface area contributed by atoms with Gasteiger partial charge in [0, 0.05) is 19.5 Å². The number of aryl methyl sites for hydroxylation is 1. The molecule has 0 unspecified atom stereocenters. The Bertz CT molecular complexity index is 686. The molecular formula is C16H18ClN3O2. The molecule has 0 aliphatic carbocycles. The van der Waals surface area contributed by atoms with Crippen LogP contribution in [-0.2, 0) is 0 Å². The van der Waals surface area contributed by atoms with Gasteiger partial charge in [0.25, 0.3) is 5.91 Å². The Morgan fingerprint density at radius 2 is 2.14 bits per heavy atom. The van der Waals surface area contributed by atoms with Crippen molar-refractivity contribution in [1.29, 1.82) is 0 Å². The molecule has 6 heteroatoms. The topological polar surface area (TPSA) is 59.2 Å². The van der Waals surface area contributed by atoms with Gasteiger partial charge in [0.2, 0.25) is 11.8 Å². The first-order valence-electron chi connectivity index (χ1n) is 7.43. The lowest BCUT2D eigenvalue weighted by Gasteiger charge is -2.38. The number of nitrogens with zero attached hydrogens (tertiary/aromatic N) is 3. The van der Waals surface area contributed by atoms with Gasteiger partial charge in [-0.2, -0.15) is 0 Å². The Labute approximate surface area is 134 Å². The molecule has 2 atom stereocenters. The van der Waals surface area contributed by atoms with E-state index < -0.39 is 0 Å². The number of aromatic nitrogens is 2. The Hall–Kier alpha value is -1.88. The summed E-state index contributed by atoms with van der Waals surface area (Å²) in [5, 5.41) is 8.50. The highest BCUT2D eigenvalue weighted by Crippen LogP contribution is 2.33. The molecular weight excluding hydrogens is 302 g/mol. The van der Waals surface area contributed by atoms with E-state index in [4.69, 9.17) is 16.0 Å². The lowest BCUT2D eigenvalue weighted by atomic mass is 9.89. The Morgan fingerprint density at radius 3 is 2.82 bits per heavy atom. The van der Waals surface area contributed by atoms with Gasteiger partial charge in [-0.25, -0.2) is 0 Å². The number of piperidine rings is 1. The van der Waals surface area contributed by atoms with Crippen LogP contribution in [0.5, 0.6) is 0 Å². The number of hydrogen-bond donors (Lipinski definition) is 0. The maximum Gasteiger partial charge on any atom is 0.255 e. The van der Waals surface area contributed by atoms with E-state index in [2.05, 4.69) is 10.2 Å². The quantitative estimate of drug-likeness (QED) is 0.850.